The number of carbonyl (C=O) groups is 1. The van der Waals surface area contributed by atoms with Crippen LogP contribution in [0, 0.1) is 0 Å². The van der Waals surface area contributed by atoms with Gasteiger partial charge in [-0.2, -0.15) is 0 Å². The van der Waals surface area contributed by atoms with E-state index in [4.69, 9.17) is 34.8 Å². The average molecular weight is 317 g/mol. The Morgan fingerprint density at radius 3 is 2.47 bits per heavy atom. The number of anilines is 1. The number of nitrogens with zero attached hydrogens (tertiary/aromatic N) is 2. The Bertz CT molecular complexity index is 602. The number of halogens is 3. The van der Waals surface area contributed by atoms with E-state index >= 15 is 0 Å². The lowest BCUT2D eigenvalue weighted by molar-refractivity contribution is -0.115. The van der Waals surface area contributed by atoms with E-state index in [0.29, 0.717) is 5.02 Å². The fourth-order valence-electron chi connectivity index (χ4n) is 1.40. The van der Waals surface area contributed by atoms with Crippen molar-refractivity contribution in [2.45, 2.75) is 6.42 Å². The first-order chi connectivity index (χ1) is 9.06. The molecule has 98 valence electrons. The Kier molecular flexibility index (Phi) is 4.58. The number of nitrogens with one attached hydrogen (secondary N) is 1. The first-order valence-corrected chi connectivity index (χ1v) is 6.40. The first-order valence-electron chi connectivity index (χ1n) is 5.26. The summed E-state index contributed by atoms with van der Waals surface area (Å²) in [5.41, 5.74) is 0.832. The zero-order valence-corrected chi connectivity index (χ0v) is 11.8. The van der Waals surface area contributed by atoms with Crippen LogP contribution in [-0.2, 0) is 11.2 Å². The molecule has 1 amide bonds. The summed E-state index contributed by atoms with van der Waals surface area (Å²) in [7, 11) is 0. The molecule has 7 heteroatoms. The number of hydrogen-bond donors (Lipinski definition) is 1. The third-order valence-electron chi connectivity index (χ3n) is 2.28. The zero-order chi connectivity index (χ0) is 13.8. The molecule has 2 rings (SSSR count). The number of hydrogen-bond acceptors (Lipinski definition) is 3. The van der Waals surface area contributed by atoms with Crippen LogP contribution in [0.15, 0.2) is 30.6 Å². The van der Waals surface area contributed by atoms with Crippen molar-refractivity contribution in [3.63, 3.8) is 0 Å². The van der Waals surface area contributed by atoms with Crippen LogP contribution in [0.1, 0.15) is 5.56 Å². The standard InChI is InChI=1S/C12H8Cl3N3O/c13-8-3-1-7(2-4-8)5-9(19)18-12-10(14)11(15)16-6-17-12/h1-4,6H,5H2,(H,16,17,18,19). The molecule has 1 N–H and O–H groups in total. The summed E-state index contributed by atoms with van der Waals surface area (Å²) in [6.45, 7) is 0. The van der Waals surface area contributed by atoms with Crippen molar-refractivity contribution in [3.8, 4) is 0 Å². The fraction of sp³-hybridized carbons (Fsp3) is 0.0833. The van der Waals surface area contributed by atoms with Crippen LogP contribution in [0.3, 0.4) is 0 Å². The molecule has 0 aliphatic carbocycles. The van der Waals surface area contributed by atoms with Crippen LogP contribution in [0.4, 0.5) is 5.82 Å². The number of aromatic nitrogens is 2. The topological polar surface area (TPSA) is 54.9 Å². The lowest BCUT2D eigenvalue weighted by Gasteiger charge is -2.06. The van der Waals surface area contributed by atoms with Crippen molar-refractivity contribution in [2.75, 3.05) is 5.32 Å². The summed E-state index contributed by atoms with van der Waals surface area (Å²) >= 11 is 17.4. The van der Waals surface area contributed by atoms with E-state index in [1.807, 2.05) is 0 Å². The molecular weight excluding hydrogens is 309 g/mol. The van der Waals surface area contributed by atoms with Crippen molar-refractivity contribution >= 4 is 46.5 Å². The predicted molar refractivity (Wildman–Crippen MR) is 75.8 cm³/mol. The van der Waals surface area contributed by atoms with Crippen molar-refractivity contribution < 1.29 is 4.79 Å². The van der Waals surface area contributed by atoms with Crippen LogP contribution >= 0.6 is 34.8 Å². The van der Waals surface area contributed by atoms with E-state index in [2.05, 4.69) is 15.3 Å². The van der Waals surface area contributed by atoms with Gasteiger partial charge in [0.1, 0.15) is 11.3 Å². The van der Waals surface area contributed by atoms with Gasteiger partial charge in [-0.1, -0.05) is 46.9 Å². The quantitative estimate of drug-likeness (QED) is 0.880. The van der Waals surface area contributed by atoms with Gasteiger partial charge in [0, 0.05) is 5.02 Å². The first kappa shape index (κ1) is 14.1. The van der Waals surface area contributed by atoms with Gasteiger partial charge < -0.3 is 5.32 Å². The number of rotatable bonds is 3. The second-order valence-corrected chi connectivity index (χ2v) is 4.85. The molecule has 1 aromatic carbocycles. The second kappa shape index (κ2) is 6.19. The number of benzene rings is 1. The smallest absolute Gasteiger partial charge is 0.229 e. The molecular formula is C12H8Cl3N3O. The van der Waals surface area contributed by atoms with E-state index in [-0.39, 0.29) is 28.3 Å². The molecule has 0 spiro atoms. The molecule has 1 aromatic heterocycles. The number of amides is 1. The summed E-state index contributed by atoms with van der Waals surface area (Å²) in [6, 6.07) is 6.99. The highest BCUT2D eigenvalue weighted by Gasteiger charge is 2.11. The summed E-state index contributed by atoms with van der Waals surface area (Å²) in [6.07, 6.45) is 1.42. The lowest BCUT2D eigenvalue weighted by Crippen LogP contribution is -2.15. The third-order valence-corrected chi connectivity index (χ3v) is 3.28. The predicted octanol–water partition coefficient (Wildman–Crippen LogP) is 3.62. The van der Waals surface area contributed by atoms with E-state index in [1.54, 1.807) is 24.3 Å². The van der Waals surface area contributed by atoms with E-state index < -0.39 is 0 Å². The zero-order valence-electron chi connectivity index (χ0n) is 9.53. The molecule has 0 saturated heterocycles. The Morgan fingerprint density at radius 2 is 1.79 bits per heavy atom. The third kappa shape index (κ3) is 3.80. The average Bonchev–Trinajstić information content (AvgIpc) is 2.38. The van der Waals surface area contributed by atoms with Crippen LogP contribution in [0.5, 0.6) is 0 Å². The Labute approximate surface area is 124 Å². The molecule has 0 aliphatic heterocycles. The van der Waals surface area contributed by atoms with Gasteiger partial charge >= 0.3 is 0 Å². The van der Waals surface area contributed by atoms with Gasteiger partial charge in [-0.15, -0.1) is 0 Å². The highest BCUT2D eigenvalue weighted by molar-refractivity contribution is 6.42. The van der Waals surface area contributed by atoms with E-state index in [9.17, 15) is 4.79 Å². The molecule has 0 fully saturated rings. The van der Waals surface area contributed by atoms with Crippen molar-refractivity contribution in [3.05, 3.63) is 51.4 Å². The molecule has 0 radical (unpaired) electrons. The minimum absolute atomic E-state index is 0.0958. The maximum Gasteiger partial charge on any atom is 0.229 e. The van der Waals surface area contributed by atoms with Gasteiger partial charge in [-0.3, -0.25) is 4.79 Å². The normalized spacial score (nSPS) is 10.3. The lowest BCUT2D eigenvalue weighted by atomic mass is 10.1. The molecule has 2 aromatic rings. The van der Waals surface area contributed by atoms with Crippen molar-refractivity contribution in [2.24, 2.45) is 0 Å². The number of carbonyl (C=O) groups excluding carboxylic acids is 1. The molecule has 0 aliphatic rings. The minimum atomic E-state index is -0.251. The summed E-state index contributed by atoms with van der Waals surface area (Å²) in [5, 5.41) is 3.41. The van der Waals surface area contributed by atoms with Crippen molar-refractivity contribution in [1.29, 1.82) is 0 Å². The fourth-order valence-corrected chi connectivity index (χ4v) is 1.80. The van der Waals surface area contributed by atoms with Crippen LogP contribution in [-0.4, -0.2) is 15.9 Å². The van der Waals surface area contributed by atoms with Crippen LogP contribution < -0.4 is 5.32 Å². The van der Waals surface area contributed by atoms with Crippen LogP contribution in [0.25, 0.3) is 0 Å². The van der Waals surface area contributed by atoms with Gasteiger partial charge in [0.2, 0.25) is 5.91 Å². The van der Waals surface area contributed by atoms with Gasteiger partial charge in [-0.25, -0.2) is 9.97 Å². The second-order valence-electron chi connectivity index (χ2n) is 3.68. The Morgan fingerprint density at radius 1 is 1.11 bits per heavy atom. The van der Waals surface area contributed by atoms with Gasteiger partial charge in [0.15, 0.2) is 11.0 Å². The summed E-state index contributed by atoms with van der Waals surface area (Å²) in [4.78, 5) is 19.4. The Hall–Kier alpha value is -1.36. The minimum Gasteiger partial charge on any atom is -0.309 e. The molecule has 4 nitrogen and oxygen atoms in total. The molecule has 0 atom stereocenters. The molecule has 19 heavy (non-hydrogen) atoms. The van der Waals surface area contributed by atoms with Gasteiger partial charge in [0.05, 0.1) is 6.42 Å². The summed E-state index contributed by atoms with van der Waals surface area (Å²) < 4.78 is 0. The van der Waals surface area contributed by atoms with Gasteiger partial charge in [-0.05, 0) is 17.7 Å². The molecule has 1 heterocycles. The highest BCUT2D eigenvalue weighted by atomic mass is 35.5. The molecule has 0 bridgehead atoms. The largest absolute Gasteiger partial charge is 0.309 e. The van der Waals surface area contributed by atoms with E-state index in [1.165, 1.54) is 6.33 Å². The maximum absolute atomic E-state index is 11.8. The van der Waals surface area contributed by atoms with Crippen molar-refractivity contribution in [1.82, 2.24) is 9.97 Å². The van der Waals surface area contributed by atoms with E-state index in [0.717, 1.165) is 5.56 Å². The SMILES string of the molecule is O=C(Cc1ccc(Cl)cc1)Nc1ncnc(Cl)c1Cl. The molecule has 0 saturated carbocycles. The van der Waals surface area contributed by atoms with Gasteiger partial charge in [0.25, 0.3) is 0 Å². The Balaban J connectivity index is 2.05. The highest BCUT2D eigenvalue weighted by Crippen LogP contribution is 2.25. The maximum atomic E-state index is 11.8. The van der Waals surface area contributed by atoms with Crippen LogP contribution in [0.2, 0.25) is 15.2 Å². The monoisotopic (exact) mass is 315 g/mol. The summed E-state index contributed by atoms with van der Waals surface area (Å²) in [5.74, 6) is -0.0559. The molecule has 0 unspecified atom stereocenters.